The smallest absolute Gasteiger partial charge is 0.308 e. The molecule has 0 saturated carbocycles. The zero-order valence-electron chi connectivity index (χ0n) is 13.1. The lowest BCUT2D eigenvalue weighted by Gasteiger charge is -2.33. The molecule has 7 nitrogen and oxygen atoms in total. The van der Waals surface area contributed by atoms with Gasteiger partial charge in [0.05, 0.1) is 19.4 Å². The number of nitrogens with one attached hydrogen (secondary N) is 1. The maximum absolute atomic E-state index is 11.5. The van der Waals surface area contributed by atoms with Gasteiger partial charge in [-0.2, -0.15) is 0 Å². The van der Waals surface area contributed by atoms with Gasteiger partial charge in [0.25, 0.3) is 0 Å². The van der Waals surface area contributed by atoms with E-state index in [9.17, 15) is 4.79 Å². The normalized spacial score (nSPS) is 16.1. The second kappa shape index (κ2) is 9.65. The average molecular weight is 421 g/mol. The second-order valence-electron chi connectivity index (χ2n) is 5.06. The number of nitrogens with zero attached hydrogens (tertiary/aromatic N) is 4. The molecule has 1 saturated heterocycles. The first kappa shape index (κ1) is 18.7. The van der Waals surface area contributed by atoms with E-state index in [0.717, 1.165) is 45.0 Å². The standard InChI is InChI=1S/C14H23N5O2.HI/c1-15-14(17-6-10-18-9-5-16-11-18)19-7-3-12(4-8-19)13(20)21-2;/h5,9,11-12H,3-4,6-8,10H2,1-2H3,(H,15,17);1H. The Morgan fingerprint density at radius 3 is 2.73 bits per heavy atom. The maximum Gasteiger partial charge on any atom is 0.308 e. The van der Waals surface area contributed by atoms with Crippen molar-refractivity contribution in [2.45, 2.75) is 19.4 Å². The molecule has 1 aliphatic heterocycles. The van der Waals surface area contributed by atoms with Crippen LogP contribution in [-0.2, 0) is 16.1 Å². The number of methoxy groups -OCH3 is 1. The lowest BCUT2D eigenvalue weighted by atomic mass is 9.97. The number of likely N-dealkylation sites (tertiary alicyclic amines) is 1. The Labute approximate surface area is 148 Å². The van der Waals surface area contributed by atoms with E-state index in [2.05, 4.69) is 20.2 Å². The number of aliphatic imine (C=N–C) groups is 1. The third kappa shape index (κ3) is 5.15. The van der Waals surface area contributed by atoms with Crippen LogP contribution >= 0.6 is 24.0 Å². The molecule has 124 valence electrons. The van der Waals surface area contributed by atoms with E-state index in [1.54, 1.807) is 19.6 Å². The third-order valence-electron chi connectivity index (χ3n) is 3.75. The number of halogens is 1. The summed E-state index contributed by atoms with van der Waals surface area (Å²) in [6.07, 6.45) is 7.13. The quantitative estimate of drug-likeness (QED) is 0.340. The Balaban J connectivity index is 0.00000242. The van der Waals surface area contributed by atoms with Gasteiger partial charge in [0.1, 0.15) is 0 Å². The molecule has 0 aliphatic carbocycles. The van der Waals surface area contributed by atoms with E-state index in [-0.39, 0.29) is 35.9 Å². The fourth-order valence-corrected chi connectivity index (χ4v) is 2.54. The molecule has 0 spiro atoms. The number of carbonyl (C=O) groups is 1. The van der Waals surface area contributed by atoms with E-state index in [1.165, 1.54) is 7.11 Å². The summed E-state index contributed by atoms with van der Waals surface area (Å²) < 4.78 is 6.82. The SMILES string of the molecule is CN=C(NCCn1ccnc1)N1CCC(C(=O)OC)CC1.I. The van der Waals surface area contributed by atoms with Gasteiger partial charge in [0, 0.05) is 45.6 Å². The van der Waals surface area contributed by atoms with E-state index < -0.39 is 0 Å². The molecule has 0 bridgehead atoms. The van der Waals surface area contributed by atoms with Crippen molar-refractivity contribution < 1.29 is 9.53 Å². The molecule has 0 aromatic carbocycles. The Kier molecular flexibility index (Phi) is 8.21. The number of guanidine groups is 1. The molecule has 1 N–H and O–H groups in total. The molecule has 0 atom stereocenters. The predicted molar refractivity (Wildman–Crippen MR) is 95.3 cm³/mol. The van der Waals surface area contributed by atoms with Crippen LogP contribution in [-0.4, -0.2) is 60.2 Å². The molecule has 8 heteroatoms. The summed E-state index contributed by atoms with van der Waals surface area (Å²) in [7, 11) is 3.23. The fourth-order valence-electron chi connectivity index (χ4n) is 2.54. The minimum Gasteiger partial charge on any atom is -0.469 e. The lowest BCUT2D eigenvalue weighted by Crippen LogP contribution is -2.47. The van der Waals surface area contributed by atoms with E-state index in [0.29, 0.717) is 0 Å². The van der Waals surface area contributed by atoms with Crippen molar-refractivity contribution in [3.05, 3.63) is 18.7 Å². The predicted octanol–water partition coefficient (Wildman–Crippen LogP) is 0.961. The first-order chi connectivity index (χ1) is 10.2. The van der Waals surface area contributed by atoms with Gasteiger partial charge in [-0.25, -0.2) is 4.98 Å². The molecule has 1 aromatic rings. The highest BCUT2D eigenvalue weighted by atomic mass is 127. The molecule has 0 unspecified atom stereocenters. The Bertz CT molecular complexity index is 470. The number of aromatic nitrogens is 2. The topological polar surface area (TPSA) is 71.8 Å². The van der Waals surface area contributed by atoms with Gasteiger partial charge in [-0.3, -0.25) is 9.79 Å². The molecule has 0 amide bonds. The molecule has 2 heterocycles. The molecule has 1 aliphatic rings. The van der Waals surface area contributed by atoms with Crippen molar-refractivity contribution in [1.29, 1.82) is 0 Å². The summed E-state index contributed by atoms with van der Waals surface area (Å²) in [4.78, 5) is 22.0. The number of carbonyl (C=O) groups excluding carboxylic acids is 1. The lowest BCUT2D eigenvalue weighted by molar-refractivity contribution is -0.146. The molecule has 0 radical (unpaired) electrons. The van der Waals surface area contributed by atoms with Crippen LogP contribution in [0.25, 0.3) is 0 Å². The van der Waals surface area contributed by atoms with Gasteiger partial charge >= 0.3 is 5.97 Å². The average Bonchev–Trinajstić information content (AvgIpc) is 3.04. The number of esters is 1. The van der Waals surface area contributed by atoms with Crippen LogP contribution in [0.3, 0.4) is 0 Å². The summed E-state index contributed by atoms with van der Waals surface area (Å²) in [6, 6.07) is 0. The third-order valence-corrected chi connectivity index (χ3v) is 3.75. The van der Waals surface area contributed by atoms with Crippen LogP contribution in [0.1, 0.15) is 12.8 Å². The Morgan fingerprint density at radius 2 is 2.18 bits per heavy atom. The number of imidazole rings is 1. The summed E-state index contributed by atoms with van der Waals surface area (Å²) in [5.74, 6) is 0.812. The van der Waals surface area contributed by atoms with Crippen molar-refractivity contribution >= 4 is 35.9 Å². The highest BCUT2D eigenvalue weighted by molar-refractivity contribution is 14.0. The van der Waals surface area contributed by atoms with Gasteiger partial charge in [0.15, 0.2) is 5.96 Å². The van der Waals surface area contributed by atoms with Crippen molar-refractivity contribution in [1.82, 2.24) is 19.8 Å². The van der Waals surface area contributed by atoms with Gasteiger partial charge in [-0.05, 0) is 12.8 Å². The summed E-state index contributed by atoms with van der Waals surface area (Å²) >= 11 is 0. The van der Waals surface area contributed by atoms with Crippen LogP contribution < -0.4 is 5.32 Å². The van der Waals surface area contributed by atoms with Crippen LogP contribution in [0.4, 0.5) is 0 Å². The molecular formula is C14H24IN5O2. The summed E-state index contributed by atoms with van der Waals surface area (Å²) in [5, 5.41) is 3.35. The monoisotopic (exact) mass is 421 g/mol. The minimum atomic E-state index is -0.0993. The number of piperidine rings is 1. The fraction of sp³-hybridized carbons (Fsp3) is 0.643. The molecular weight excluding hydrogens is 397 g/mol. The highest BCUT2D eigenvalue weighted by Crippen LogP contribution is 2.18. The minimum absolute atomic E-state index is 0. The van der Waals surface area contributed by atoms with Crippen LogP contribution in [0.5, 0.6) is 0 Å². The number of ether oxygens (including phenoxy) is 1. The molecule has 2 rings (SSSR count). The van der Waals surface area contributed by atoms with Gasteiger partial charge in [0.2, 0.25) is 0 Å². The molecule has 22 heavy (non-hydrogen) atoms. The molecule has 1 fully saturated rings. The maximum atomic E-state index is 11.5. The van der Waals surface area contributed by atoms with Gasteiger partial charge in [-0.15, -0.1) is 24.0 Å². The first-order valence-corrected chi connectivity index (χ1v) is 7.23. The largest absolute Gasteiger partial charge is 0.469 e. The number of hydrogen-bond acceptors (Lipinski definition) is 4. The van der Waals surface area contributed by atoms with Crippen LogP contribution in [0.15, 0.2) is 23.7 Å². The highest BCUT2D eigenvalue weighted by Gasteiger charge is 2.26. The zero-order valence-corrected chi connectivity index (χ0v) is 15.4. The van der Waals surface area contributed by atoms with E-state index in [1.807, 2.05) is 10.8 Å². The Morgan fingerprint density at radius 1 is 1.45 bits per heavy atom. The van der Waals surface area contributed by atoms with Crippen molar-refractivity contribution in [2.24, 2.45) is 10.9 Å². The van der Waals surface area contributed by atoms with E-state index in [4.69, 9.17) is 4.74 Å². The first-order valence-electron chi connectivity index (χ1n) is 7.23. The van der Waals surface area contributed by atoms with Gasteiger partial charge < -0.3 is 19.5 Å². The van der Waals surface area contributed by atoms with Crippen molar-refractivity contribution in [2.75, 3.05) is 33.8 Å². The summed E-state index contributed by atoms with van der Waals surface area (Å²) in [5.41, 5.74) is 0. The van der Waals surface area contributed by atoms with Crippen LogP contribution in [0.2, 0.25) is 0 Å². The van der Waals surface area contributed by atoms with Crippen LogP contribution in [0, 0.1) is 5.92 Å². The second-order valence-corrected chi connectivity index (χ2v) is 5.06. The van der Waals surface area contributed by atoms with Gasteiger partial charge in [-0.1, -0.05) is 0 Å². The van der Waals surface area contributed by atoms with Crippen molar-refractivity contribution in [3.63, 3.8) is 0 Å². The van der Waals surface area contributed by atoms with E-state index >= 15 is 0 Å². The zero-order chi connectivity index (χ0) is 15.1. The Hall–Kier alpha value is -1.32. The number of rotatable bonds is 4. The molecule has 1 aromatic heterocycles. The van der Waals surface area contributed by atoms with Crippen molar-refractivity contribution in [3.8, 4) is 0 Å². The number of hydrogen-bond donors (Lipinski definition) is 1. The summed E-state index contributed by atoms with van der Waals surface area (Å²) in [6.45, 7) is 3.28.